The molecule has 0 bridgehead atoms. The average molecular weight is 738 g/mol. The maximum absolute atomic E-state index is 14.2. The first-order valence-corrected chi connectivity index (χ1v) is 18.9. The quantitative estimate of drug-likeness (QED) is 0.178. The number of carbonyl (C=O) groups excluding carboxylic acids is 3. The Kier molecular flexibility index (Phi) is 8.67. The van der Waals surface area contributed by atoms with Gasteiger partial charge in [-0.05, 0) is 85.5 Å². The number of rotatable bonds is 6. The number of thiophene rings is 1. The summed E-state index contributed by atoms with van der Waals surface area (Å²) < 4.78 is 19.8. The van der Waals surface area contributed by atoms with Crippen molar-refractivity contribution < 1.29 is 23.5 Å². The Hall–Kier alpha value is -5.91. The summed E-state index contributed by atoms with van der Waals surface area (Å²) in [5.41, 5.74) is 5.28. The van der Waals surface area contributed by atoms with E-state index in [9.17, 15) is 18.8 Å². The number of amides is 3. The third-order valence-electron chi connectivity index (χ3n) is 10.7. The molecule has 0 saturated carbocycles. The smallest absolute Gasteiger partial charge is 0.265 e. The Balaban J connectivity index is 0.927. The van der Waals surface area contributed by atoms with Gasteiger partial charge < -0.3 is 25.2 Å². The molecule has 0 aliphatic carbocycles. The molecule has 3 aliphatic rings. The topological polar surface area (TPSA) is 104 Å². The summed E-state index contributed by atoms with van der Waals surface area (Å²) >= 11 is 1.33. The molecule has 3 aliphatic heterocycles. The second-order valence-corrected chi connectivity index (χ2v) is 15.2. The number of ether oxygens (including phenoxy) is 1. The number of hydrogen-bond donors (Lipinski definition) is 2. The van der Waals surface area contributed by atoms with Crippen LogP contribution in [0.2, 0.25) is 0 Å². The van der Waals surface area contributed by atoms with Gasteiger partial charge in [0.2, 0.25) is 0 Å². The zero-order chi connectivity index (χ0) is 36.8. The molecule has 2 fully saturated rings. The predicted octanol–water partition coefficient (Wildman–Crippen LogP) is 8.43. The zero-order valence-corrected chi connectivity index (χ0v) is 30.1. The van der Waals surface area contributed by atoms with Crippen molar-refractivity contribution in [1.29, 1.82) is 0 Å². The standard InChI is InChI=1S/C43H36FN5O4S/c44-33-9-3-5-11-35(33)47-41(51)37-24-29-17-20-49(36-12-6-2-8-31(36)38(29)54-37)42(52)27-13-15-30(16-14-27)45-40(50)32-23-28-7-1-4-10-34(28)46-39(32)48-25-43(26-48)18-21-53-22-19-43/h1-16,23-24H,17-22,25-26H2,(H,45,50)(H,47,51). The Morgan fingerprint density at radius 2 is 1.56 bits per heavy atom. The Bertz CT molecular complexity index is 2430. The number of fused-ring (bicyclic) bond motifs is 4. The van der Waals surface area contributed by atoms with Crippen LogP contribution in [0.25, 0.3) is 21.3 Å². The molecule has 11 heteroatoms. The van der Waals surface area contributed by atoms with Crippen molar-refractivity contribution in [2.24, 2.45) is 5.41 Å². The van der Waals surface area contributed by atoms with Gasteiger partial charge in [0.15, 0.2) is 0 Å². The molecule has 6 aromatic rings. The summed E-state index contributed by atoms with van der Waals surface area (Å²) in [4.78, 5) is 51.4. The monoisotopic (exact) mass is 737 g/mol. The first-order chi connectivity index (χ1) is 26.3. The lowest BCUT2D eigenvalue weighted by molar-refractivity contribution is -0.000491. The van der Waals surface area contributed by atoms with Crippen LogP contribution in [-0.4, -0.2) is 55.6 Å². The molecule has 54 heavy (non-hydrogen) atoms. The number of para-hydroxylation sites is 3. The van der Waals surface area contributed by atoms with Crippen LogP contribution in [0.15, 0.2) is 109 Å². The van der Waals surface area contributed by atoms with E-state index in [4.69, 9.17) is 9.72 Å². The Morgan fingerprint density at radius 1 is 0.815 bits per heavy atom. The minimum Gasteiger partial charge on any atom is -0.381 e. The molecule has 9 rings (SSSR count). The van der Waals surface area contributed by atoms with Crippen molar-refractivity contribution in [3.63, 3.8) is 0 Å². The third-order valence-corrected chi connectivity index (χ3v) is 11.9. The number of nitrogens with zero attached hydrogens (tertiary/aromatic N) is 3. The van der Waals surface area contributed by atoms with E-state index in [-0.39, 0.29) is 28.8 Å². The molecule has 270 valence electrons. The van der Waals surface area contributed by atoms with Crippen molar-refractivity contribution in [1.82, 2.24) is 4.98 Å². The largest absolute Gasteiger partial charge is 0.381 e. The van der Waals surface area contributed by atoms with Crippen LogP contribution in [0.4, 0.5) is 27.3 Å². The highest BCUT2D eigenvalue weighted by atomic mass is 32.1. The molecule has 5 heterocycles. The molecule has 0 radical (unpaired) electrons. The highest BCUT2D eigenvalue weighted by molar-refractivity contribution is 7.17. The van der Waals surface area contributed by atoms with E-state index in [1.807, 2.05) is 60.7 Å². The number of pyridine rings is 1. The van der Waals surface area contributed by atoms with Crippen LogP contribution in [0, 0.1) is 11.2 Å². The first kappa shape index (κ1) is 33.9. The Labute approximate surface area is 315 Å². The van der Waals surface area contributed by atoms with E-state index in [2.05, 4.69) is 15.5 Å². The van der Waals surface area contributed by atoms with E-state index in [1.165, 1.54) is 23.5 Å². The summed E-state index contributed by atoms with van der Waals surface area (Å²) in [7, 11) is 0. The summed E-state index contributed by atoms with van der Waals surface area (Å²) in [5, 5.41) is 6.62. The van der Waals surface area contributed by atoms with Crippen molar-refractivity contribution in [2.75, 3.05) is 53.3 Å². The highest BCUT2D eigenvalue weighted by Crippen LogP contribution is 2.44. The lowest BCUT2D eigenvalue weighted by Gasteiger charge is -2.53. The SMILES string of the molecule is O=C(Nc1ccccc1F)c1cc2c(s1)-c1ccccc1N(C(=O)c1ccc(NC(=O)c3cc4ccccc4nc3N3CC4(CCOCC4)C3)cc1)CC2. The number of nitrogens with one attached hydrogen (secondary N) is 2. The predicted molar refractivity (Wildman–Crippen MR) is 210 cm³/mol. The second kappa shape index (κ2) is 13.8. The molecular formula is C43H36FN5O4S. The van der Waals surface area contributed by atoms with E-state index in [0.29, 0.717) is 40.5 Å². The highest BCUT2D eigenvalue weighted by Gasteiger charge is 2.45. The molecule has 2 saturated heterocycles. The maximum Gasteiger partial charge on any atom is 0.265 e. The first-order valence-electron chi connectivity index (χ1n) is 18.1. The van der Waals surface area contributed by atoms with E-state index < -0.39 is 5.82 Å². The van der Waals surface area contributed by atoms with Crippen LogP contribution in [0.3, 0.4) is 0 Å². The fraction of sp³-hybridized carbons (Fsp3) is 0.209. The van der Waals surface area contributed by atoms with Gasteiger partial charge in [0.1, 0.15) is 11.6 Å². The minimum absolute atomic E-state index is 0.125. The van der Waals surface area contributed by atoms with Crippen LogP contribution < -0.4 is 20.4 Å². The van der Waals surface area contributed by atoms with Gasteiger partial charge in [-0.25, -0.2) is 9.37 Å². The summed E-state index contributed by atoms with van der Waals surface area (Å²) in [5.74, 6) is -0.631. The fourth-order valence-corrected chi connectivity index (χ4v) is 8.90. The van der Waals surface area contributed by atoms with Gasteiger partial charge in [0.05, 0.1) is 27.3 Å². The number of hydrogen-bond acceptors (Lipinski definition) is 7. The summed E-state index contributed by atoms with van der Waals surface area (Å²) in [6.07, 6.45) is 2.56. The number of anilines is 4. The zero-order valence-electron chi connectivity index (χ0n) is 29.3. The van der Waals surface area contributed by atoms with Gasteiger partial charge in [0, 0.05) is 65.3 Å². The Morgan fingerprint density at radius 3 is 2.37 bits per heavy atom. The van der Waals surface area contributed by atoms with E-state index >= 15 is 0 Å². The number of benzene rings is 4. The molecule has 0 unspecified atom stereocenters. The minimum atomic E-state index is -0.499. The van der Waals surface area contributed by atoms with Gasteiger partial charge >= 0.3 is 0 Å². The van der Waals surface area contributed by atoms with Crippen molar-refractivity contribution in [3.8, 4) is 10.4 Å². The number of halogens is 1. The molecule has 4 aromatic carbocycles. The lowest BCUT2D eigenvalue weighted by Crippen LogP contribution is -2.59. The van der Waals surface area contributed by atoms with Gasteiger partial charge in [0.25, 0.3) is 17.7 Å². The third kappa shape index (κ3) is 6.29. The lowest BCUT2D eigenvalue weighted by atomic mass is 9.73. The number of carbonyl (C=O) groups is 3. The normalized spacial score (nSPS) is 15.9. The van der Waals surface area contributed by atoms with Crippen LogP contribution in [0.1, 0.15) is 48.8 Å². The van der Waals surface area contributed by atoms with Crippen LogP contribution >= 0.6 is 11.3 Å². The fourth-order valence-electron chi connectivity index (χ4n) is 7.76. The van der Waals surface area contributed by atoms with Crippen molar-refractivity contribution in [3.05, 3.63) is 137 Å². The maximum atomic E-state index is 14.2. The second-order valence-electron chi connectivity index (χ2n) is 14.2. The molecule has 0 atom stereocenters. The van der Waals surface area contributed by atoms with Gasteiger partial charge in [-0.1, -0.05) is 48.5 Å². The molecule has 9 nitrogen and oxygen atoms in total. The summed E-state index contributed by atoms with van der Waals surface area (Å²) in [6.45, 7) is 3.63. The van der Waals surface area contributed by atoms with Crippen molar-refractivity contribution >= 4 is 62.8 Å². The summed E-state index contributed by atoms with van der Waals surface area (Å²) in [6, 6.07) is 32.3. The van der Waals surface area contributed by atoms with Gasteiger partial charge in [-0.3, -0.25) is 14.4 Å². The molecule has 1 spiro atoms. The van der Waals surface area contributed by atoms with E-state index in [0.717, 1.165) is 71.7 Å². The van der Waals surface area contributed by atoms with Crippen molar-refractivity contribution in [2.45, 2.75) is 19.3 Å². The van der Waals surface area contributed by atoms with Crippen LogP contribution in [-0.2, 0) is 11.2 Å². The molecular weight excluding hydrogens is 702 g/mol. The van der Waals surface area contributed by atoms with Gasteiger partial charge in [-0.2, -0.15) is 0 Å². The molecule has 2 aromatic heterocycles. The molecule has 2 N–H and O–H groups in total. The number of aromatic nitrogens is 1. The molecule has 3 amide bonds. The van der Waals surface area contributed by atoms with Crippen LogP contribution in [0.5, 0.6) is 0 Å². The average Bonchev–Trinajstić information content (AvgIpc) is 3.56. The van der Waals surface area contributed by atoms with E-state index in [1.54, 1.807) is 41.3 Å². The van der Waals surface area contributed by atoms with Gasteiger partial charge in [-0.15, -0.1) is 11.3 Å².